The zero-order valence-electron chi connectivity index (χ0n) is 10.9. The number of nitrogens with zero attached hydrogens (tertiary/aromatic N) is 3. The smallest absolute Gasteiger partial charge is 0.276 e. The molecular weight excluding hydrogens is 270 g/mol. The van der Waals surface area contributed by atoms with Crippen molar-refractivity contribution in [3.8, 4) is 5.88 Å². The average Bonchev–Trinajstić information content (AvgIpc) is 2.91. The first-order valence-electron chi connectivity index (χ1n) is 6.40. The average molecular weight is 286 g/mol. The normalized spacial score (nSPS) is 26.2. The second kappa shape index (κ2) is 4.68. The Hall–Kier alpha value is -1.27. The van der Waals surface area contributed by atoms with Crippen LogP contribution in [-0.4, -0.2) is 52.5 Å². The third-order valence-electron chi connectivity index (χ3n) is 3.30. The number of aromatic nitrogens is 2. The summed E-state index contributed by atoms with van der Waals surface area (Å²) in [5.74, 6) is 0.344. The molecule has 2 atom stereocenters. The fourth-order valence-electron chi connectivity index (χ4n) is 2.57. The molecule has 0 spiro atoms. The molecule has 1 fully saturated rings. The molecule has 0 bridgehead atoms. The lowest BCUT2D eigenvalue weighted by Crippen LogP contribution is -2.48. The van der Waals surface area contributed by atoms with Crippen molar-refractivity contribution in [2.75, 3.05) is 19.7 Å². The molecule has 1 aromatic heterocycles. The van der Waals surface area contributed by atoms with Gasteiger partial charge in [-0.2, -0.15) is 5.10 Å². The van der Waals surface area contributed by atoms with E-state index in [0.29, 0.717) is 37.1 Å². The molecule has 2 unspecified atom stereocenters. The molecule has 1 amide bonds. The van der Waals surface area contributed by atoms with Gasteiger partial charge in [0.1, 0.15) is 11.6 Å². The first-order chi connectivity index (χ1) is 9.06. The van der Waals surface area contributed by atoms with Crippen LogP contribution >= 0.6 is 11.6 Å². The maximum atomic E-state index is 12.5. The molecule has 3 rings (SSSR count). The first-order valence-corrected chi connectivity index (χ1v) is 6.78. The van der Waals surface area contributed by atoms with Crippen LogP contribution in [0.2, 0.25) is 5.02 Å². The van der Waals surface area contributed by atoms with E-state index in [1.54, 1.807) is 9.58 Å². The number of morpholine rings is 1. The minimum atomic E-state index is -0.155. The van der Waals surface area contributed by atoms with E-state index in [4.69, 9.17) is 21.1 Å². The first kappa shape index (κ1) is 12.7. The van der Waals surface area contributed by atoms with Gasteiger partial charge in [-0.1, -0.05) is 11.6 Å². The van der Waals surface area contributed by atoms with E-state index in [9.17, 15) is 4.79 Å². The maximum absolute atomic E-state index is 12.5. The summed E-state index contributed by atoms with van der Waals surface area (Å²) in [5.41, 5.74) is 0.276. The van der Waals surface area contributed by atoms with Gasteiger partial charge in [-0.3, -0.25) is 4.79 Å². The van der Waals surface area contributed by atoms with Crippen molar-refractivity contribution < 1.29 is 14.3 Å². The van der Waals surface area contributed by atoms with E-state index >= 15 is 0 Å². The van der Waals surface area contributed by atoms with Crippen LogP contribution in [-0.2, 0) is 11.3 Å². The summed E-state index contributed by atoms with van der Waals surface area (Å²) in [4.78, 5) is 14.2. The van der Waals surface area contributed by atoms with Crippen LogP contribution in [0.1, 0.15) is 24.3 Å². The molecule has 0 radical (unpaired) electrons. The van der Waals surface area contributed by atoms with Crippen LogP contribution in [0.4, 0.5) is 0 Å². The lowest BCUT2D eigenvalue weighted by molar-refractivity contribution is -0.0587. The topological polar surface area (TPSA) is 56.6 Å². The molecule has 0 aromatic carbocycles. The molecule has 0 N–H and O–H groups in total. The molecule has 0 saturated carbocycles. The Kier molecular flexibility index (Phi) is 3.14. The fraction of sp³-hybridized carbons (Fsp3) is 0.667. The summed E-state index contributed by atoms with van der Waals surface area (Å²) in [7, 11) is 0. The summed E-state index contributed by atoms with van der Waals surface area (Å²) in [6.45, 7) is 6.22. The Labute approximate surface area is 116 Å². The predicted octanol–water partition coefficient (Wildman–Crippen LogP) is 1.18. The summed E-state index contributed by atoms with van der Waals surface area (Å²) in [6.07, 6.45) is 0.0503. The van der Waals surface area contributed by atoms with E-state index in [-0.39, 0.29) is 23.8 Å². The number of rotatable bonds is 1. The molecule has 2 aliphatic rings. The fourth-order valence-corrected chi connectivity index (χ4v) is 2.84. The molecule has 3 heterocycles. The quantitative estimate of drug-likeness (QED) is 0.777. The molecule has 2 aliphatic heterocycles. The van der Waals surface area contributed by atoms with Gasteiger partial charge in [0.25, 0.3) is 5.91 Å². The van der Waals surface area contributed by atoms with Gasteiger partial charge in [0.2, 0.25) is 5.88 Å². The number of halogens is 1. The molecule has 104 valence electrons. The van der Waals surface area contributed by atoms with Crippen molar-refractivity contribution in [3.63, 3.8) is 0 Å². The Morgan fingerprint density at radius 2 is 2.05 bits per heavy atom. The number of carbonyl (C=O) groups is 1. The van der Waals surface area contributed by atoms with Gasteiger partial charge in [-0.05, 0) is 13.8 Å². The molecule has 0 aliphatic carbocycles. The van der Waals surface area contributed by atoms with Gasteiger partial charge in [0.05, 0.1) is 18.8 Å². The molecule has 7 heteroatoms. The highest BCUT2D eigenvalue weighted by Gasteiger charge is 2.32. The van der Waals surface area contributed by atoms with E-state index in [0.717, 1.165) is 0 Å². The van der Waals surface area contributed by atoms with Crippen molar-refractivity contribution in [3.05, 3.63) is 10.7 Å². The van der Waals surface area contributed by atoms with Crippen molar-refractivity contribution in [2.45, 2.75) is 32.6 Å². The molecule has 6 nitrogen and oxygen atoms in total. The SMILES string of the molecule is CC1CN(C(=O)c2nn3c(c2Cl)OCC3)CC(C)O1. The summed E-state index contributed by atoms with van der Waals surface area (Å²) < 4.78 is 12.6. The zero-order chi connectivity index (χ0) is 13.6. The zero-order valence-corrected chi connectivity index (χ0v) is 11.7. The molecule has 1 saturated heterocycles. The van der Waals surface area contributed by atoms with Gasteiger partial charge < -0.3 is 14.4 Å². The van der Waals surface area contributed by atoms with Crippen molar-refractivity contribution >= 4 is 17.5 Å². The number of amides is 1. The number of hydrogen-bond donors (Lipinski definition) is 0. The highest BCUT2D eigenvalue weighted by Crippen LogP contribution is 2.32. The van der Waals surface area contributed by atoms with E-state index in [1.165, 1.54) is 0 Å². The molecule has 19 heavy (non-hydrogen) atoms. The third-order valence-corrected chi connectivity index (χ3v) is 3.64. The van der Waals surface area contributed by atoms with Gasteiger partial charge in [-0.25, -0.2) is 4.68 Å². The molecular formula is C12H16ClN3O3. The van der Waals surface area contributed by atoms with Gasteiger partial charge >= 0.3 is 0 Å². The highest BCUT2D eigenvalue weighted by atomic mass is 35.5. The van der Waals surface area contributed by atoms with Gasteiger partial charge in [0.15, 0.2) is 5.69 Å². The Balaban J connectivity index is 1.84. The second-order valence-corrected chi connectivity index (χ2v) is 5.38. The van der Waals surface area contributed by atoms with Crippen molar-refractivity contribution in [1.82, 2.24) is 14.7 Å². The number of ether oxygens (including phenoxy) is 2. The maximum Gasteiger partial charge on any atom is 0.276 e. The van der Waals surface area contributed by atoms with Gasteiger partial charge in [-0.15, -0.1) is 0 Å². The standard InChI is InChI=1S/C12H16ClN3O3/c1-7-5-15(6-8(2)19-7)11(17)10-9(13)12-16(14-10)3-4-18-12/h7-8H,3-6H2,1-2H3. The van der Waals surface area contributed by atoms with Crippen LogP contribution in [0, 0.1) is 0 Å². The van der Waals surface area contributed by atoms with Crippen LogP contribution in [0.5, 0.6) is 5.88 Å². The van der Waals surface area contributed by atoms with Crippen molar-refractivity contribution in [1.29, 1.82) is 0 Å². The lowest BCUT2D eigenvalue weighted by atomic mass is 10.2. The van der Waals surface area contributed by atoms with Gasteiger partial charge in [0, 0.05) is 13.1 Å². The Morgan fingerprint density at radius 1 is 1.37 bits per heavy atom. The Bertz CT molecular complexity index is 507. The monoisotopic (exact) mass is 285 g/mol. The lowest BCUT2D eigenvalue weighted by Gasteiger charge is -2.34. The highest BCUT2D eigenvalue weighted by molar-refractivity contribution is 6.34. The Morgan fingerprint density at radius 3 is 2.68 bits per heavy atom. The predicted molar refractivity (Wildman–Crippen MR) is 68.6 cm³/mol. The third kappa shape index (κ3) is 2.19. The minimum absolute atomic E-state index is 0.0252. The number of fused-ring (bicyclic) bond motifs is 1. The minimum Gasteiger partial charge on any atom is -0.475 e. The number of hydrogen-bond acceptors (Lipinski definition) is 4. The molecule has 1 aromatic rings. The van der Waals surface area contributed by atoms with E-state index in [1.807, 2.05) is 13.8 Å². The second-order valence-electron chi connectivity index (χ2n) is 5.01. The van der Waals surface area contributed by atoms with Crippen molar-refractivity contribution in [2.24, 2.45) is 0 Å². The van der Waals surface area contributed by atoms with Crippen LogP contribution in [0.25, 0.3) is 0 Å². The largest absolute Gasteiger partial charge is 0.475 e. The summed E-state index contributed by atoms with van der Waals surface area (Å²) in [5, 5.41) is 4.56. The summed E-state index contributed by atoms with van der Waals surface area (Å²) >= 11 is 6.17. The van der Waals surface area contributed by atoms with Crippen LogP contribution in [0.3, 0.4) is 0 Å². The van der Waals surface area contributed by atoms with E-state index < -0.39 is 0 Å². The van der Waals surface area contributed by atoms with E-state index in [2.05, 4.69) is 5.10 Å². The summed E-state index contributed by atoms with van der Waals surface area (Å²) in [6, 6.07) is 0. The van der Waals surface area contributed by atoms with Crippen LogP contribution < -0.4 is 4.74 Å². The number of carbonyl (C=O) groups excluding carboxylic acids is 1. The van der Waals surface area contributed by atoms with Crippen LogP contribution in [0.15, 0.2) is 0 Å².